The predicted molar refractivity (Wildman–Crippen MR) is 131 cm³/mol. The molecule has 2 aromatic rings. The second-order valence-electron chi connectivity index (χ2n) is 8.49. The van der Waals surface area contributed by atoms with Crippen molar-refractivity contribution in [1.82, 2.24) is 4.31 Å². The number of anilines is 2. The summed E-state index contributed by atoms with van der Waals surface area (Å²) < 4.78 is 34.2. The Morgan fingerprint density at radius 2 is 1.61 bits per heavy atom. The number of ether oxygens (including phenoxy) is 1. The first-order valence-corrected chi connectivity index (χ1v) is 13.3. The number of nitrogens with zero attached hydrogens (tertiary/aromatic N) is 2. The molecular formula is C24H30ClN3O4S. The van der Waals surface area contributed by atoms with E-state index in [4.69, 9.17) is 16.3 Å². The Bertz CT molecular complexity index is 1110. The molecule has 178 valence electrons. The lowest BCUT2D eigenvalue weighted by Crippen LogP contribution is -2.37. The zero-order chi connectivity index (χ0) is 23.4. The maximum atomic E-state index is 13.7. The third-order valence-corrected chi connectivity index (χ3v) is 8.42. The Balaban J connectivity index is 1.70. The van der Waals surface area contributed by atoms with E-state index >= 15 is 0 Å². The molecule has 1 N–H and O–H groups in total. The first kappa shape index (κ1) is 23.9. The maximum absolute atomic E-state index is 13.7. The van der Waals surface area contributed by atoms with Crippen LogP contribution in [0, 0.1) is 0 Å². The Labute approximate surface area is 200 Å². The van der Waals surface area contributed by atoms with Crippen LogP contribution in [-0.2, 0) is 10.0 Å². The van der Waals surface area contributed by atoms with Gasteiger partial charge in [0.1, 0.15) is 10.6 Å². The van der Waals surface area contributed by atoms with Crippen molar-refractivity contribution in [3.05, 3.63) is 47.0 Å². The second-order valence-corrected chi connectivity index (χ2v) is 10.8. The van der Waals surface area contributed by atoms with E-state index in [2.05, 4.69) is 10.2 Å². The molecule has 0 aromatic heterocycles. The number of methoxy groups -OCH3 is 1. The molecular weight excluding hydrogens is 462 g/mol. The van der Waals surface area contributed by atoms with E-state index in [0.29, 0.717) is 35.2 Å². The highest BCUT2D eigenvalue weighted by Gasteiger charge is 2.31. The van der Waals surface area contributed by atoms with Crippen molar-refractivity contribution >= 4 is 38.9 Å². The zero-order valence-electron chi connectivity index (χ0n) is 18.8. The largest absolute Gasteiger partial charge is 0.495 e. The van der Waals surface area contributed by atoms with Crippen LogP contribution in [0.3, 0.4) is 0 Å². The maximum Gasteiger partial charge on any atom is 0.255 e. The Kier molecular flexibility index (Phi) is 7.46. The van der Waals surface area contributed by atoms with Gasteiger partial charge >= 0.3 is 0 Å². The lowest BCUT2D eigenvalue weighted by Gasteiger charge is -2.33. The van der Waals surface area contributed by atoms with Crippen molar-refractivity contribution < 1.29 is 17.9 Å². The number of hydrogen-bond acceptors (Lipinski definition) is 5. The van der Waals surface area contributed by atoms with Crippen LogP contribution in [0.1, 0.15) is 48.9 Å². The minimum atomic E-state index is -3.72. The van der Waals surface area contributed by atoms with Crippen LogP contribution in [0.2, 0.25) is 5.02 Å². The van der Waals surface area contributed by atoms with E-state index in [1.54, 1.807) is 34.6 Å². The molecule has 1 amide bonds. The summed E-state index contributed by atoms with van der Waals surface area (Å²) in [5.41, 5.74) is 1.38. The van der Waals surface area contributed by atoms with Crippen molar-refractivity contribution in [3.8, 4) is 5.75 Å². The number of halogens is 1. The smallest absolute Gasteiger partial charge is 0.255 e. The highest BCUT2D eigenvalue weighted by atomic mass is 35.5. The Morgan fingerprint density at radius 1 is 0.939 bits per heavy atom. The monoisotopic (exact) mass is 491 g/mol. The van der Waals surface area contributed by atoms with Crippen LogP contribution in [0.4, 0.5) is 11.4 Å². The molecule has 2 fully saturated rings. The normalized spacial score (nSPS) is 17.6. The molecule has 0 saturated carbocycles. The third kappa shape index (κ3) is 5.28. The van der Waals surface area contributed by atoms with E-state index in [-0.39, 0.29) is 10.5 Å². The fourth-order valence-corrected chi connectivity index (χ4v) is 6.40. The lowest BCUT2D eigenvalue weighted by atomic mass is 10.1. The van der Waals surface area contributed by atoms with E-state index in [1.165, 1.54) is 13.2 Å². The number of nitrogens with one attached hydrogen (secondary N) is 1. The molecule has 0 bridgehead atoms. The van der Waals surface area contributed by atoms with Crippen molar-refractivity contribution in [3.63, 3.8) is 0 Å². The standard InChI is InChI=1S/C24H30ClN3O4S/c1-32-22-11-9-19(25)17-20(22)26-24(29)18-8-10-21(27-12-4-2-5-13-27)23(16-18)33(30,31)28-14-6-3-7-15-28/h8-11,16-17H,2-7,12-15H2,1H3,(H,26,29). The third-order valence-electron chi connectivity index (χ3n) is 6.26. The fraction of sp³-hybridized carbons (Fsp3) is 0.458. The van der Waals surface area contributed by atoms with Crippen molar-refractivity contribution in [1.29, 1.82) is 0 Å². The predicted octanol–water partition coefficient (Wildman–Crippen LogP) is 4.77. The summed E-state index contributed by atoms with van der Waals surface area (Å²) in [4.78, 5) is 15.4. The number of amides is 1. The van der Waals surface area contributed by atoms with Crippen LogP contribution in [0.25, 0.3) is 0 Å². The average molecular weight is 492 g/mol. The van der Waals surface area contributed by atoms with Gasteiger partial charge in [-0.25, -0.2) is 8.42 Å². The van der Waals surface area contributed by atoms with Gasteiger partial charge in [-0.2, -0.15) is 4.31 Å². The van der Waals surface area contributed by atoms with Crippen molar-refractivity contribution in [2.24, 2.45) is 0 Å². The van der Waals surface area contributed by atoms with Gasteiger partial charge in [0, 0.05) is 36.8 Å². The molecule has 2 aromatic carbocycles. The molecule has 0 atom stereocenters. The molecule has 2 aliphatic heterocycles. The van der Waals surface area contributed by atoms with Gasteiger partial charge in [-0.3, -0.25) is 4.79 Å². The number of benzene rings is 2. The van der Waals surface area contributed by atoms with Crippen LogP contribution in [0.5, 0.6) is 5.75 Å². The summed E-state index contributed by atoms with van der Waals surface area (Å²) in [7, 11) is -2.22. The SMILES string of the molecule is COc1ccc(Cl)cc1NC(=O)c1ccc(N2CCCCC2)c(S(=O)(=O)N2CCCCC2)c1. The number of sulfonamides is 1. The average Bonchev–Trinajstić information content (AvgIpc) is 2.85. The van der Waals surface area contributed by atoms with Gasteiger partial charge in [-0.1, -0.05) is 18.0 Å². The highest BCUT2D eigenvalue weighted by Crippen LogP contribution is 2.33. The minimum Gasteiger partial charge on any atom is -0.495 e. The molecule has 0 aliphatic carbocycles. The number of piperidine rings is 2. The van der Waals surface area contributed by atoms with Crippen LogP contribution in [-0.4, -0.2) is 51.9 Å². The van der Waals surface area contributed by atoms with E-state index < -0.39 is 15.9 Å². The fourth-order valence-electron chi connectivity index (χ4n) is 4.47. The van der Waals surface area contributed by atoms with E-state index in [0.717, 1.165) is 51.6 Å². The first-order valence-electron chi connectivity index (χ1n) is 11.4. The summed E-state index contributed by atoms with van der Waals surface area (Å²) >= 11 is 6.08. The summed E-state index contributed by atoms with van der Waals surface area (Å²) in [6.45, 7) is 2.65. The minimum absolute atomic E-state index is 0.206. The molecule has 0 radical (unpaired) electrons. The van der Waals surface area contributed by atoms with Gasteiger partial charge in [0.2, 0.25) is 10.0 Å². The Hall–Kier alpha value is -2.29. The van der Waals surface area contributed by atoms with Gasteiger partial charge in [-0.15, -0.1) is 0 Å². The number of carbonyl (C=O) groups is 1. The van der Waals surface area contributed by atoms with Crippen molar-refractivity contribution in [2.45, 2.75) is 43.4 Å². The molecule has 2 heterocycles. The van der Waals surface area contributed by atoms with Gasteiger partial charge in [0.25, 0.3) is 5.91 Å². The van der Waals surface area contributed by atoms with Gasteiger partial charge < -0.3 is 15.0 Å². The van der Waals surface area contributed by atoms with Crippen LogP contribution < -0.4 is 15.0 Å². The topological polar surface area (TPSA) is 79.0 Å². The summed E-state index contributed by atoms with van der Waals surface area (Å²) in [6, 6.07) is 9.92. The lowest BCUT2D eigenvalue weighted by molar-refractivity contribution is 0.102. The van der Waals surface area contributed by atoms with Crippen LogP contribution in [0.15, 0.2) is 41.3 Å². The molecule has 2 aliphatic rings. The molecule has 0 unspecified atom stereocenters. The molecule has 33 heavy (non-hydrogen) atoms. The van der Waals surface area contributed by atoms with Crippen LogP contribution >= 0.6 is 11.6 Å². The number of rotatable bonds is 6. The summed E-state index contributed by atoms with van der Waals surface area (Å²) in [5.74, 6) is 0.0507. The molecule has 4 rings (SSSR count). The molecule has 9 heteroatoms. The molecule has 7 nitrogen and oxygen atoms in total. The first-order chi connectivity index (χ1) is 15.9. The molecule has 2 saturated heterocycles. The molecule has 0 spiro atoms. The quantitative estimate of drug-likeness (QED) is 0.630. The second kappa shape index (κ2) is 10.3. The number of hydrogen-bond donors (Lipinski definition) is 1. The Morgan fingerprint density at radius 3 is 2.27 bits per heavy atom. The number of carbonyl (C=O) groups excluding carboxylic acids is 1. The summed E-state index contributed by atoms with van der Waals surface area (Å²) in [5, 5.41) is 3.26. The van der Waals surface area contributed by atoms with Crippen molar-refractivity contribution in [2.75, 3.05) is 43.5 Å². The zero-order valence-corrected chi connectivity index (χ0v) is 20.4. The highest BCUT2D eigenvalue weighted by molar-refractivity contribution is 7.89. The van der Waals surface area contributed by atoms with Gasteiger partial charge in [0.05, 0.1) is 18.5 Å². The summed E-state index contributed by atoms with van der Waals surface area (Å²) in [6.07, 6.45) is 5.95. The van der Waals surface area contributed by atoms with Gasteiger partial charge in [0.15, 0.2) is 0 Å². The van der Waals surface area contributed by atoms with Gasteiger partial charge in [-0.05, 0) is 68.5 Å². The van der Waals surface area contributed by atoms with E-state index in [9.17, 15) is 13.2 Å². The van der Waals surface area contributed by atoms with E-state index in [1.807, 2.05) is 0 Å².